The number of aliphatic hydroxyl groups excluding tert-OH is 1. The lowest BCUT2D eigenvalue weighted by atomic mass is 9.93. The van der Waals surface area contributed by atoms with Crippen molar-refractivity contribution in [3.05, 3.63) is 22.4 Å². The van der Waals surface area contributed by atoms with E-state index in [1.807, 2.05) is 0 Å². The molecule has 1 saturated carbocycles. The number of hydrogen-bond donors (Lipinski definition) is 1. The van der Waals surface area contributed by atoms with Crippen LogP contribution in [-0.4, -0.2) is 42.0 Å². The summed E-state index contributed by atoms with van der Waals surface area (Å²) in [6, 6.07) is 0.862. The Morgan fingerprint density at radius 3 is 2.60 bits per heavy atom. The lowest BCUT2D eigenvalue weighted by molar-refractivity contribution is 0.0638. The van der Waals surface area contributed by atoms with Gasteiger partial charge in [0.2, 0.25) is 10.0 Å². The highest BCUT2D eigenvalue weighted by Crippen LogP contribution is 2.28. The van der Waals surface area contributed by atoms with E-state index in [2.05, 4.69) is 4.98 Å². The van der Waals surface area contributed by atoms with Crippen LogP contribution < -0.4 is 0 Å². The van der Waals surface area contributed by atoms with E-state index in [9.17, 15) is 13.5 Å². The van der Waals surface area contributed by atoms with Gasteiger partial charge in [0.15, 0.2) is 0 Å². The van der Waals surface area contributed by atoms with Crippen molar-refractivity contribution in [3.63, 3.8) is 0 Å². The Morgan fingerprint density at radius 1 is 1.35 bits per heavy atom. The van der Waals surface area contributed by atoms with Crippen molar-refractivity contribution in [2.75, 3.05) is 7.05 Å². The highest BCUT2D eigenvalue weighted by atomic mass is 35.5. The number of likely N-dealkylation sites (N-methyl/N-ethyl adjacent to an activating group) is 1. The lowest BCUT2D eigenvalue weighted by Gasteiger charge is -2.34. The second-order valence-corrected chi connectivity index (χ2v) is 7.65. The Morgan fingerprint density at radius 2 is 2.00 bits per heavy atom. The van der Waals surface area contributed by atoms with Crippen LogP contribution in [0.1, 0.15) is 25.7 Å². The molecular formula is C12H16Cl2N2O3S. The van der Waals surface area contributed by atoms with E-state index < -0.39 is 22.2 Å². The molecule has 1 aliphatic rings. The van der Waals surface area contributed by atoms with E-state index in [0.29, 0.717) is 12.8 Å². The molecule has 20 heavy (non-hydrogen) atoms. The minimum absolute atomic E-state index is 0.0211. The van der Waals surface area contributed by atoms with Crippen LogP contribution in [0.2, 0.25) is 10.2 Å². The molecule has 112 valence electrons. The molecular weight excluding hydrogens is 323 g/mol. The Kier molecular flexibility index (Phi) is 4.92. The Labute approximate surface area is 128 Å². The molecule has 1 aromatic heterocycles. The van der Waals surface area contributed by atoms with Crippen molar-refractivity contribution in [2.45, 2.75) is 42.7 Å². The van der Waals surface area contributed by atoms with Crippen molar-refractivity contribution in [3.8, 4) is 0 Å². The van der Waals surface area contributed by atoms with Gasteiger partial charge >= 0.3 is 0 Å². The molecule has 0 aliphatic heterocycles. The number of halogens is 2. The summed E-state index contributed by atoms with van der Waals surface area (Å²) in [5.74, 6) is 0. The standard InChI is InChI=1S/C12H16Cl2N2O3S/c1-16(10-4-2-3-5-11(10)17)20(18,19)8-6-9(13)12(14)15-7-8/h6-7,10-11,17H,2-5H2,1H3. The summed E-state index contributed by atoms with van der Waals surface area (Å²) in [6.45, 7) is 0. The first kappa shape index (κ1) is 16.0. The molecule has 1 N–H and O–H groups in total. The summed E-state index contributed by atoms with van der Waals surface area (Å²) in [6.07, 6.45) is 3.62. The maximum Gasteiger partial charge on any atom is 0.244 e. The highest BCUT2D eigenvalue weighted by molar-refractivity contribution is 7.89. The maximum absolute atomic E-state index is 12.5. The van der Waals surface area contributed by atoms with E-state index >= 15 is 0 Å². The molecule has 0 bridgehead atoms. The van der Waals surface area contributed by atoms with Crippen LogP contribution >= 0.6 is 23.2 Å². The smallest absolute Gasteiger partial charge is 0.244 e. The molecule has 1 fully saturated rings. The third-order valence-electron chi connectivity index (χ3n) is 3.61. The number of pyridine rings is 1. The van der Waals surface area contributed by atoms with Gasteiger partial charge in [0.25, 0.3) is 0 Å². The molecule has 1 aromatic rings. The monoisotopic (exact) mass is 338 g/mol. The third-order valence-corrected chi connectivity index (χ3v) is 6.14. The molecule has 0 amide bonds. The van der Waals surface area contributed by atoms with Crippen LogP contribution in [0.5, 0.6) is 0 Å². The summed E-state index contributed by atoms with van der Waals surface area (Å²) >= 11 is 11.5. The molecule has 2 unspecified atom stereocenters. The predicted octanol–water partition coefficient (Wildman–Crippen LogP) is 2.31. The zero-order chi connectivity index (χ0) is 14.9. The quantitative estimate of drug-likeness (QED) is 0.858. The largest absolute Gasteiger partial charge is 0.391 e. The van der Waals surface area contributed by atoms with Gasteiger partial charge < -0.3 is 5.11 Å². The minimum atomic E-state index is -3.74. The first-order chi connectivity index (χ1) is 9.34. The fourth-order valence-electron chi connectivity index (χ4n) is 2.41. The van der Waals surface area contributed by atoms with Gasteiger partial charge in [-0.15, -0.1) is 0 Å². The third kappa shape index (κ3) is 3.09. The predicted molar refractivity (Wildman–Crippen MR) is 77.5 cm³/mol. The topological polar surface area (TPSA) is 70.5 Å². The Hall–Kier alpha value is -0.400. The highest BCUT2D eigenvalue weighted by Gasteiger charge is 2.34. The van der Waals surface area contributed by atoms with Crippen LogP contribution in [0.15, 0.2) is 17.2 Å². The number of nitrogens with zero attached hydrogens (tertiary/aromatic N) is 2. The molecule has 2 rings (SSSR count). The van der Waals surface area contributed by atoms with Crippen molar-refractivity contribution >= 4 is 33.2 Å². The first-order valence-corrected chi connectivity index (χ1v) is 8.51. The molecule has 0 spiro atoms. The van der Waals surface area contributed by atoms with Crippen molar-refractivity contribution in [2.24, 2.45) is 0 Å². The number of aromatic nitrogens is 1. The van der Waals surface area contributed by atoms with E-state index in [1.165, 1.54) is 23.6 Å². The summed E-state index contributed by atoms with van der Waals surface area (Å²) in [4.78, 5) is 3.74. The van der Waals surface area contributed by atoms with E-state index in [-0.39, 0.29) is 15.1 Å². The zero-order valence-corrected chi connectivity index (χ0v) is 13.3. The summed E-state index contributed by atoms with van der Waals surface area (Å²) in [5, 5.41) is 10.1. The van der Waals surface area contributed by atoms with Crippen molar-refractivity contribution < 1.29 is 13.5 Å². The molecule has 1 aliphatic carbocycles. The van der Waals surface area contributed by atoms with Crippen LogP contribution in [0, 0.1) is 0 Å². The summed E-state index contributed by atoms with van der Waals surface area (Å²) < 4.78 is 26.2. The number of hydrogen-bond acceptors (Lipinski definition) is 4. The lowest BCUT2D eigenvalue weighted by Crippen LogP contribution is -2.46. The van der Waals surface area contributed by atoms with Gasteiger partial charge in [-0.2, -0.15) is 4.31 Å². The van der Waals surface area contributed by atoms with Gasteiger partial charge in [0.1, 0.15) is 10.0 Å². The average Bonchev–Trinajstić information content (AvgIpc) is 2.41. The number of rotatable bonds is 3. The first-order valence-electron chi connectivity index (χ1n) is 6.31. The van der Waals surface area contributed by atoms with Crippen molar-refractivity contribution in [1.82, 2.24) is 9.29 Å². The van der Waals surface area contributed by atoms with E-state index in [1.54, 1.807) is 0 Å². The summed E-state index contributed by atoms with van der Waals surface area (Å²) in [5.41, 5.74) is 0. The molecule has 8 heteroatoms. The van der Waals surface area contributed by atoms with Crippen LogP contribution in [0.3, 0.4) is 0 Å². The Balaban J connectivity index is 2.31. The maximum atomic E-state index is 12.5. The van der Waals surface area contributed by atoms with Gasteiger partial charge in [-0.3, -0.25) is 0 Å². The number of aliphatic hydroxyl groups is 1. The van der Waals surface area contributed by atoms with Gasteiger partial charge in [-0.05, 0) is 18.9 Å². The molecule has 0 aromatic carbocycles. The SMILES string of the molecule is CN(C1CCCCC1O)S(=O)(=O)c1cnc(Cl)c(Cl)c1. The second kappa shape index (κ2) is 6.15. The molecule has 2 atom stereocenters. The van der Waals surface area contributed by atoms with Gasteiger partial charge in [0, 0.05) is 13.2 Å². The van der Waals surface area contributed by atoms with Gasteiger partial charge in [-0.1, -0.05) is 36.0 Å². The zero-order valence-electron chi connectivity index (χ0n) is 11.0. The fraction of sp³-hybridized carbons (Fsp3) is 0.583. The number of sulfonamides is 1. The van der Waals surface area contributed by atoms with E-state index in [4.69, 9.17) is 23.2 Å². The molecule has 1 heterocycles. The van der Waals surface area contributed by atoms with Gasteiger partial charge in [-0.25, -0.2) is 13.4 Å². The van der Waals surface area contributed by atoms with Crippen molar-refractivity contribution in [1.29, 1.82) is 0 Å². The Bertz CT molecular complexity index is 594. The normalized spacial score (nSPS) is 24.1. The fourth-order valence-corrected chi connectivity index (χ4v) is 4.13. The minimum Gasteiger partial charge on any atom is -0.391 e. The van der Waals surface area contributed by atoms with Crippen LogP contribution in [0.25, 0.3) is 0 Å². The van der Waals surface area contributed by atoms with Crippen LogP contribution in [0.4, 0.5) is 0 Å². The second-order valence-electron chi connectivity index (χ2n) is 4.88. The average molecular weight is 339 g/mol. The molecule has 5 nitrogen and oxygen atoms in total. The van der Waals surface area contributed by atoms with E-state index in [0.717, 1.165) is 12.8 Å². The van der Waals surface area contributed by atoms with Gasteiger partial charge in [0.05, 0.1) is 17.2 Å². The summed E-state index contributed by atoms with van der Waals surface area (Å²) in [7, 11) is -2.27. The van der Waals surface area contributed by atoms with Crippen LogP contribution in [-0.2, 0) is 10.0 Å². The molecule has 0 saturated heterocycles. The molecule has 0 radical (unpaired) electrons.